The van der Waals surface area contributed by atoms with Gasteiger partial charge >= 0.3 is 5.82 Å². The molecule has 4 heterocycles. The molecule has 34 heavy (non-hydrogen) atoms. The van der Waals surface area contributed by atoms with Crippen LogP contribution in [0.2, 0.25) is 0 Å². The SMILES string of the molecule is Cc1c(SCCCSc2ccc3ncc([N+](=O)[O-])n3n2)ccnc1CSc1nc(N)cc(N)n1. The van der Waals surface area contributed by atoms with Crippen LogP contribution in [0.1, 0.15) is 17.7 Å². The number of anilines is 2. The lowest BCUT2D eigenvalue weighted by Gasteiger charge is -2.10. The molecule has 0 saturated heterocycles. The first-order valence-corrected chi connectivity index (χ1v) is 13.1. The van der Waals surface area contributed by atoms with Crippen LogP contribution in [0.5, 0.6) is 0 Å². The highest BCUT2D eigenvalue weighted by Gasteiger charge is 2.16. The number of fused-ring (bicyclic) bond motifs is 1. The molecule has 0 aliphatic heterocycles. The van der Waals surface area contributed by atoms with E-state index in [2.05, 4.69) is 32.0 Å². The molecule has 0 radical (unpaired) electrons. The number of aromatic nitrogens is 6. The lowest BCUT2D eigenvalue weighted by Crippen LogP contribution is -2.00. The first-order valence-electron chi connectivity index (χ1n) is 10.1. The molecule has 14 heteroatoms. The number of nitro groups is 1. The number of nitrogens with two attached hydrogens (primary N) is 2. The van der Waals surface area contributed by atoms with Crippen molar-refractivity contribution in [1.29, 1.82) is 0 Å². The van der Waals surface area contributed by atoms with Crippen molar-refractivity contribution in [3.8, 4) is 0 Å². The van der Waals surface area contributed by atoms with Gasteiger partial charge in [-0.05, 0) is 41.7 Å². The standard InChI is InChI=1S/C20H21N9O2S3/c1-12-13(11-34-20-25-15(21)9-16(22)26-20)23-6-5-14(12)32-7-2-8-33-18-4-3-17-24-10-19(29(30)31)28(17)27-18/h3-6,9-10H,2,7-8,11H2,1H3,(H4,21,22,25,26). The summed E-state index contributed by atoms with van der Waals surface area (Å²) >= 11 is 4.78. The van der Waals surface area contributed by atoms with Crippen LogP contribution in [0.15, 0.2) is 51.7 Å². The Morgan fingerprint density at radius 2 is 1.82 bits per heavy atom. The molecular weight excluding hydrogens is 494 g/mol. The van der Waals surface area contributed by atoms with Crippen LogP contribution in [0.4, 0.5) is 17.5 Å². The first-order chi connectivity index (χ1) is 16.4. The minimum atomic E-state index is -0.486. The lowest BCUT2D eigenvalue weighted by atomic mass is 10.2. The van der Waals surface area contributed by atoms with E-state index in [4.69, 9.17) is 11.5 Å². The van der Waals surface area contributed by atoms with E-state index in [1.54, 1.807) is 29.6 Å². The highest BCUT2D eigenvalue weighted by atomic mass is 32.2. The molecule has 0 bridgehead atoms. The fourth-order valence-corrected chi connectivity index (χ4v) is 5.86. The average molecular weight is 516 g/mol. The van der Waals surface area contributed by atoms with Crippen LogP contribution in [0.3, 0.4) is 0 Å². The average Bonchev–Trinajstić information content (AvgIpc) is 3.22. The summed E-state index contributed by atoms with van der Waals surface area (Å²) in [7, 11) is 0. The van der Waals surface area contributed by atoms with Gasteiger partial charge in [-0.2, -0.15) is 0 Å². The third-order valence-electron chi connectivity index (χ3n) is 4.65. The van der Waals surface area contributed by atoms with E-state index in [0.717, 1.165) is 34.2 Å². The smallest absolute Gasteiger partial charge is 0.368 e. The number of thioether (sulfide) groups is 3. The highest BCUT2D eigenvalue weighted by Crippen LogP contribution is 2.29. The van der Waals surface area contributed by atoms with Gasteiger partial charge in [0.25, 0.3) is 0 Å². The second-order valence-electron chi connectivity index (χ2n) is 7.04. The minimum Gasteiger partial charge on any atom is -0.383 e. The molecule has 0 amide bonds. The van der Waals surface area contributed by atoms with Crippen LogP contribution >= 0.6 is 35.3 Å². The van der Waals surface area contributed by atoms with Gasteiger partial charge < -0.3 is 21.6 Å². The summed E-state index contributed by atoms with van der Waals surface area (Å²) in [6, 6.07) is 7.11. The van der Waals surface area contributed by atoms with E-state index >= 15 is 0 Å². The summed E-state index contributed by atoms with van der Waals surface area (Å²) in [6.45, 7) is 2.06. The molecule has 4 N–H and O–H groups in total. The molecule has 4 aromatic heterocycles. The Labute approximate surface area is 207 Å². The van der Waals surface area contributed by atoms with E-state index in [9.17, 15) is 10.1 Å². The van der Waals surface area contributed by atoms with Gasteiger partial charge in [-0.25, -0.2) is 15.0 Å². The summed E-state index contributed by atoms with van der Waals surface area (Å²) in [5.74, 6) is 2.94. The fraction of sp³-hybridized carbons (Fsp3) is 0.250. The van der Waals surface area contributed by atoms with E-state index in [1.165, 1.54) is 33.4 Å². The lowest BCUT2D eigenvalue weighted by molar-refractivity contribution is -0.391. The molecule has 0 aliphatic rings. The number of pyridine rings is 1. The third-order valence-corrected chi connectivity index (χ3v) is 7.76. The Morgan fingerprint density at radius 1 is 1.06 bits per heavy atom. The Balaban J connectivity index is 1.28. The van der Waals surface area contributed by atoms with Gasteiger partial charge in [0.15, 0.2) is 5.16 Å². The van der Waals surface area contributed by atoms with E-state index in [1.807, 2.05) is 18.3 Å². The maximum absolute atomic E-state index is 11.1. The molecular formula is C20H21N9O2S3. The topological polar surface area (TPSA) is 164 Å². The van der Waals surface area contributed by atoms with E-state index < -0.39 is 4.92 Å². The van der Waals surface area contributed by atoms with Gasteiger partial charge in [-0.3, -0.25) is 4.98 Å². The minimum absolute atomic E-state index is 0.138. The number of rotatable bonds is 10. The van der Waals surface area contributed by atoms with Crippen LogP contribution in [0, 0.1) is 17.0 Å². The van der Waals surface area contributed by atoms with Crippen molar-refractivity contribution in [3.05, 3.63) is 58.0 Å². The summed E-state index contributed by atoms with van der Waals surface area (Å²) < 4.78 is 1.26. The van der Waals surface area contributed by atoms with Gasteiger partial charge in [0.05, 0.1) is 5.69 Å². The van der Waals surface area contributed by atoms with Crippen LogP contribution in [0.25, 0.3) is 5.65 Å². The highest BCUT2D eigenvalue weighted by molar-refractivity contribution is 8.00. The molecule has 4 rings (SSSR count). The second kappa shape index (κ2) is 10.9. The van der Waals surface area contributed by atoms with Crippen molar-refractivity contribution in [3.63, 3.8) is 0 Å². The van der Waals surface area contributed by atoms with Gasteiger partial charge in [-0.1, -0.05) is 21.4 Å². The monoisotopic (exact) mass is 515 g/mol. The molecule has 4 aromatic rings. The molecule has 0 saturated carbocycles. The van der Waals surface area contributed by atoms with Gasteiger partial charge in [0.2, 0.25) is 5.65 Å². The molecule has 176 valence electrons. The van der Waals surface area contributed by atoms with E-state index in [-0.39, 0.29) is 5.82 Å². The van der Waals surface area contributed by atoms with Crippen LogP contribution < -0.4 is 11.5 Å². The summed E-state index contributed by atoms with van der Waals surface area (Å²) in [4.78, 5) is 28.7. The van der Waals surface area contributed by atoms with Gasteiger partial charge in [0.1, 0.15) is 22.9 Å². The van der Waals surface area contributed by atoms with E-state index in [0.29, 0.717) is 28.2 Å². The Hall–Kier alpha value is -3.10. The Morgan fingerprint density at radius 3 is 2.59 bits per heavy atom. The number of nitrogen functional groups attached to an aromatic ring is 2. The first kappa shape index (κ1) is 24.0. The maximum atomic E-state index is 11.1. The molecule has 0 spiro atoms. The van der Waals surface area contributed by atoms with Crippen LogP contribution in [-0.2, 0) is 5.75 Å². The third kappa shape index (κ3) is 5.87. The Bertz CT molecular complexity index is 1310. The summed E-state index contributed by atoms with van der Waals surface area (Å²) in [5.41, 5.74) is 14.0. The fourth-order valence-electron chi connectivity index (χ4n) is 2.98. The zero-order chi connectivity index (χ0) is 24.1. The molecule has 0 atom stereocenters. The normalized spacial score (nSPS) is 11.2. The molecule has 0 aliphatic carbocycles. The largest absolute Gasteiger partial charge is 0.383 e. The predicted octanol–water partition coefficient (Wildman–Crippen LogP) is 3.86. The zero-order valence-corrected chi connectivity index (χ0v) is 20.6. The summed E-state index contributed by atoms with van der Waals surface area (Å²) in [5, 5.41) is 16.7. The van der Waals surface area contributed by atoms with Crippen LogP contribution in [-0.4, -0.2) is 46.0 Å². The number of hydrogen-bond donors (Lipinski definition) is 2. The molecule has 11 nitrogen and oxygen atoms in total. The molecule has 0 unspecified atom stereocenters. The van der Waals surface area contributed by atoms with Gasteiger partial charge in [-0.15, -0.1) is 23.5 Å². The van der Waals surface area contributed by atoms with Crippen molar-refractivity contribution >= 4 is 58.4 Å². The molecule has 0 fully saturated rings. The number of nitrogens with zero attached hydrogens (tertiary/aromatic N) is 7. The van der Waals surface area contributed by atoms with Crippen molar-refractivity contribution in [2.45, 2.75) is 34.2 Å². The quantitative estimate of drug-likeness (QED) is 0.103. The van der Waals surface area contributed by atoms with Gasteiger partial charge in [0, 0.05) is 34.7 Å². The van der Waals surface area contributed by atoms with Crippen molar-refractivity contribution in [2.75, 3.05) is 23.0 Å². The number of hydrogen-bond acceptors (Lipinski definition) is 12. The second-order valence-corrected chi connectivity index (χ2v) is 10.2. The molecule has 0 aromatic carbocycles. The predicted molar refractivity (Wildman–Crippen MR) is 135 cm³/mol. The van der Waals surface area contributed by atoms with Crippen molar-refractivity contribution in [2.24, 2.45) is 0 Å². The number of imidazole rings is 1. The zero-order valence-electron chi connectivity index (χ0n) is 18.1. The maximum Gasteiger partial charge on any atom is 0.368 e. The Kier molecular flexibility index (Phi) is 7.70. The summed E-state index contributed by atoms with van der Waals surface area (Å²) in [6.07, 6.45) is 3.98. The van der Waals surface area contributed by atoms with Crippen molar-refractivity contribution < 1.29 is 4.92 Å². The van der Waals surface area contributed by atoms with Crippen molar-refractivity contribution in [1.82, 2.24) is 29.5 Å².